The smallest absolute Gasteiger partial charge is 0.0264 e. The van der Waals surface area contributed by atoms with Crippen molar-refractivity contribution in [1.29, 1.82) is 0 Å². The van der Waals surface area contributed by atoms with Crippen molar-refractivity contribution in [3.05, 3.63) is 35.9 Å². The van der Waals surface area contributed by atoms with E-state index in [4.69, 9.17) is 0 Å². The van der Waals surface area contributed by atoms with Crippen LogP contribution in [0.3, 0.4) is 0 Å². The van der Waals surface area contributed by atoms with E-state index in [1.807, 2.05) is 0 Å². The second kappa shape index (κ2) is 5.19. The second-order valence-corrected chi connectivity index (χ2v) is 5.39. The molecule has 2 heterocycles. The lowest BCUT2D eigenvalue weighted by atomic mass is 9.94. The summed E-state index contributed by atoms with van der Waals surface area (Å²) in [6.45, 7) is 3.67. The minimum Gasteiger partial charge on any atom is -0.314 e. The lowest BCUT2D eigenvalue weighted by molar-refractivity contribution is 0.0648. The molecular weight excluding hydrogens is 208 g/mol. The lowest BCUT2D eigenvalue weighted by Crippen LogP contribution is -2.59. The van der Waals surface area contributed by atoms with Crippen LogP contribution in [0.25, 0.3) is 0 Å². The number of hydrogen-bond acceptors (Lipinski definition) is 2. The van der Waals surface area contributed by atoms with Crippen LogP contribution in [0.4, 0.5) is 0 Å². The van der Waals surface area contributed by atoms with E-state index in [2.05, 4.69) is 40.5 Å². The van der Waals surface area contributed by atoms with Gasteiger partial charge >= 0.3 is 0 Å². The molecule has 2 saturated heterocycles. The number of hydrogen-bond donors (Lipinski definition) is 1. The largest absolute Gasteiger partial charge is 0.314 e. The molecule has 0 bridgehead atoms. The molecule has 2 aliphatic heterocycles. The highest BCUT2D eigenvalue weighted by Crippen LogP contribution is 2.23. The molecule has 2 aliphatic rings. The van der Waals surface area contributed by atoms with Crippen molar-refractivity contribution in [3.8, 4) is 0 Å². The van der Waals surface area contributed by atoms with Gasteiger partial charge in [0.25, 0.3) is 0 Å². The average Bonchev–Trinajstić information content (AvgIpc) is 2.40. The Kier molecular flexibility index (Phi) is 3.44. The molecule has 1 N–H and O–H groups in total. The van der Waals surface area contributed by atoms with E-state index in [-0.39, 0.29) is 0 Å². The minimum atomic E-state index is 0.705. The van der Waals surface area contributed by atoms with Crippen LogP contribution in [0.5, 0.6) is 0 Å². The number of nitrogens with one attached hydrogen (secondary N) is 1. The highest BCUT2D eigenvalue weighted by Gasteiger charge is 2.31. The van der Waals surface area contributed by atoms with E-state index >= 15 is 0 Å². The van der Waals surface area contributed by atoms with E-state index in [0.29, 0.717) is 6.04 Å². The normalized spacial score (nSPS) is 29.9. The summed E-state index contributed by atoms with van der Waals surface area (Å²) in [6, 6.07) is 12.4. The van der Waals surface area contributed by atoms with Gasteiger partial charge in [-0.15, -0.1) is 0 Å². The summed E-state index contributed by atoms with van der Waals surface area (Å²) < 4.78 is 0. The van der Waals surface area contributed by atoms with Gasteiger partial charge in [0.2, 0.25) is 0 Å². The SMILES string of the molecule is c1ccc(CC2CNCC3CCCCN32)cc1. The van der Waals surface area contributed by atoms with E-state index < -0.39 is 0 Å². The van der Waals surface area contributed by atoms with Crippen LogP contribution >= 0.6 is 0 Å². The number of rotatable bonds is 2. The lowest BCUT2D eigenvalue weighted by Gasteiger charge is -2.45. The van der Waals surface area contributed by atoms with Crippen LogP contribution in [-0.4, -0.2) is 36.6 Å². The summed E-state index contributed by atoms with van der Waals surface area (Å²) in [5, 5.41) is 3.61. The topological polar surface area (TPSA) is 15.3 Å². The Morgan fingerprint density at radius 2 is 2.00 bits per heavy atom. The van der Waals surface area contributed by atoms with E-state index in [9.17, 15) is 0 Å². The highest BCUT2D eigenvalue weighted by atomic mass is 15.3. The molecule has 0 aliphatic carbocycles. The van der Waals surface area contributed by atoms with Crippen LogP contribution in [0.15, 0.2) is 30.3 Å². The summed E-state index contributed by atoms with van der Waals surface area (Å²) in [5.74, 6) is 0. The second-order valence-electron chi connectivity index (χ2n) is 5.39. The molecule has 1 aromatic carbocycles. The predicted molar refractivity (Wildman–Crippen MR) is 71.1 cm³/mol. The van der Waals surface area contributed by atoms with Crippen LogP contribution in [0.2, 0.25) is 0 Å². The summed E-state index contributed by atoms with van der Waals surface area (Å²) in [4.78, 5) is 2.76. The molecule has 0 radical (unpaired) electrons. The molecule has 2 nitrogen and oxygen atoms in total. The van der Waals surface area contributed by atoms with Crippen molar-refractivity contribution in [3.63, 3.8) is 0 Å². The van der Waals surface area contributed by atoms with E-state index in [0.717, 1.165) is 12.6 Å². The third-order valence-corrected chi connectivity index (χ3v) is 4.22. The van der Waals surface area contributed by atoms with Crippen LogP contribution < -0.4 is 5.32 Å². The van der Waals surface area contributed by atoms with E-state index in [1.54, 1.807) is 0 Å². The molecule has 2 heteroatoms. The maximum Gasteiger partial charge on any atom is 0.0264 e. The first-order chi connectivity index (χ1) is 8.43. The molecule has 3 rings (SSSR count). The fourth-order valence-electron chi connectivity index (χ4n) is 3.33. The summed E-state index contributed by atoms with van der Waals surface area (Å²) >= 11 is 0. The van der Waals surface area contributed by atoms with Crippen molar-refractivity contribution >= 4 is 0 Å². The minimum absolute atomic E-state index is 0.705. The zero-order valence-electron chi connectivity index (χ0n) is 10.4. The van der Waals surface area contributed by atoms with Crippen molar-refractivity contribution in [2.24, 2.45) is 0 Å². The van der Waals surface area contributed by atoms with Gasteiger partial charge in [-0.1, -0.05) is 36.8 Å². The third kappa shape index (κ3) is 2.53. The molecule has 2 unspecified atom stereocenters. The Morgan fingerprint density at radius 3 is 2.88 bits per heavy atom. The van der Waals surface area contributed by atoms with Gasteiger partial charge in [-0.05, 0) is 31.4 Å². The van der Waals surface area contributed by atoms with Crippen LogP contribution in [0, 0.1) is 0 Å². The first kappa shape index (κ1) is 11.2. The summed E-state index contributed by atoms with van der Waals surface area (Å²) in [7, 11) is 0. The van der Waals surface area contributed by atoms with Gasteiger partial charge in [-0.25, -0.2) is 0 Å². The molecule has 2 atom stereocenters. The molecule has 2 fully saturated rings. The van der Waals surface area contributed by atoms with Crippen molar-refractivity contribution < 1.29 is 0 Å². The Hall–Kier alpha value is -0.860. The molecule has 17 heavy (non-hydrogen) atoms. The monoisotopic (exact) mass is 230 g/mol. The van der Waals surface area contributed by atoms with Crippen molar-refractivity contribution in [2.75, 3.05) is 19.6 Å². The maximum absolute atomic E-state index is 3.61. The summed E-state index contributed by atoms with van der Waals surface area (Å²) in [5.41, 5.74) is 1.48. The Bertz CT molecular complexity index is 347. The van der Waals surface area contributed by atoms with Crippen molar-refractivity contribution in [1.82, 2.24) is 10.2 Å². The molecular formula is C15H22N2. The predicted octanol–water partition coefficient (Wildman–Crippen LogP) is 2.06. The number of benzene rings is 1. The average molecular weight is 230 g/mol. The van der Waals surface area contributed by atoms with E-state index in [1.165, 1.54) is 44.3 Å². The number of fused-ring (bicyclic) bond motifs is 1. The summed E-state index contributed by atoms with van der Waals surface area (Å²) in [6.07, 6.45) is 5.39. The van der Waals surface area contributed by atoms with Gasteiger partial charge in [0, 0.05) is 25.2 Å². The number of nitrogens with zero attached hydrogens (tertiary/aromatic N) is 1. The standard InChI is InChI=1S/C15H22N2/c1-2-6-13(7-3-1)10-15-12-16-11-14-8-4-5-9-17(14)15/h1-3,6-7,14-16H,4-5,8-12H2. The fourth-order valence-corrected chi connectivity index (χ4v) is 3.33. The Balaban J connectivity index is 1.69. The fraction of sp³-hybridized carbons (Fsp3) is 0.600. The highest BCUT2D eigenvalue weighted by molar-refractivity contribution is 5.16. The first-order valence-electron chi connectivity index (χ1n) is 6.94. The Labute approximate surface area is 104 Å². The quantitative estimate of drug-likeness (QED) is 0.836. The molecule has 1 aromatic rings. The third-order valence-electron chi connectivity index (χ3n) is 4.22. The zero-order valence-corrected chi connectivity index (χ0v) is 10.4. The molecule has 0 spiro atoms. The van der Waals surface area contributed by atoms with Gasteiger partial charge in [0.1, 0.15) is 0 Å². The van der Waals surface area contributed by atoms with Crippen LogP contribution in [-0.2, 0) is 6.42 Å². The zero-order chi connectivity index (χ0) is 11.5. The first-order valence-corrected chi connectivity index (χ1v) is 6.94. The molecule has 0 amide bonds. The molecule has 92 valence electrons. The van der Waals surface area contributed by atoms with Gasteiger partial charge in [0.05, 0.1) is 0 Å². The van der Waals surface area contributed by atoms with Gasteiger partial charge < -0.3 is 5.32 Å². The maximum atomic E-state index is 3.61. The Morgan fingerprint density at radius 1 is 1.12 bits per heavy atom. The van der Waals surface area contributed by atoms with Crippen molar-refractivity contribution in [2.45, 2.75) is 37.8 Å². The van der Waals surface area contributed by atoms with Gasteiger partial charge in [0.15, 0.2) is 0 Å². The van der Waals surface area contributed by atoms with Crippen LogP contribution in [0.1, 0.15) is 24.8 Å². The van der Waals surface area contributed by atoms with Gasteiger partial charge in [-0.2, -0.15) is 0 Å². The van der Waals surface area contributed by atoms with Gasteiger partial charge in [-0.3, -0.25) is 4.90 Å². The number of piperazine rings is 1. The number of piperidine rings is 1. The molecule has 0 saturated carbocycles. The molecule has 0 aromatic heterocycles.